The lowest BCUT2D eigenvalue weighted by atomic mass is 10.2. The van der Waals surface area contributed by atoms with Gasteiger partial charge in [-0.05, 0) is 36.8 Å². The molecule has 0 unspecified atom stereocenters. The van der Waals surface area contributed by atoms with Gasteiger partial charge in [-0.3, -0.25) is 0 Å². The largest absolute Gasteiger partial charge is 0.389 e. The van der Waals surface area contributed by atoms with Crippen molar-refractivity contribution in [1.82, 2.24) is 9.97 Å². The third-order valence-electron chi connectivity index (χ3n) is 2.97. The number of thiocarbonyl (C=S) groups is 1. The summed E-state index contributed by atoms with van der Waals surface area (Å²) in [4.78, 5) is 9.40. The SMILES string of the molecule is Cc1ccc2nc(Sc3ccc(C(N)=S)cc3)[nH]c2c1. The van der Waals surface area contributed by atoms with E-state index in [2.05, 4.69) is 29.0 Å². The van der Waals surface area contributed by atoms with E-state index in [0.717, 1.165) is 26.6 Å². The first-order chi connectivity index (χ1) is 9.61. The standard InChI is InChI=1S/C15H13N3S2/c1-9-2-7-12-13(8-9)18-15(17-12)20-11-5-3-10(4-6-11)14(16)19/h2-8H,1H3,(H2,16,19)(H,17,18). The fourth-order valence-electron chi connectivity index (χ4n) is 1.95. The first kappa shape index (κ1) is 13.1. The molecule has 0 aliphatic carbocycles. The van der Waals surface area contributed by atoms with Crippen molar-refractivity contribution >= 4 is 40.0 Å². The van der Waals surface area contributed by atoms with E-state index < -0.39 is 0 Å². The maximum atomic E-state index is 5.59. The molecule has 0 spiro atoms. The minimum Gasteiger partial charge on any atom is -0.389 e. The van der Waals surface area contributed by atoms with Crippen LogP contribution < -0.4 is 5.73 Å². The number of hydrogen-bond donors (Lipinski definition) is 2. The van der Waals surface area contributed by atoms with Crippen LogP contribution in [-0.2, 0) is 0 Å². The molecule has 3 aromatic rings. The molecule has 0 aliphatic rings. The Hall–Kier alpha value is -1.85. The number of imidazole rings is 1. The van der Waals surface area contributed by atoms with Crippen LogP contribution in [0.4, 0.5) is 0 Å². The molecule has 1 aromatic heterocycles. The number of nitrogens with one attached hydrogen (secondary N) is 1. The number of fused-ring (bicyclic) bond motifs is 1. The Labute approximate surface area is 126 Å². The average molecular weight is 299 g/mol. The van der Waals surface area contributed by atoms with Gasteiger partial charge in [0.1, 0.15) is 4.99 Å². The van der Waals surface area contributed by atoms with Crippen LogP contribution in [0.5, 0.6) is 0 Å². The van der Waals surface area contributed by atoms with Gasteiger partial charge in [-0.2, -0.15) is 0 Å². The molecule has 0 amide bonds. The number of hydrogen-bond acceptors (Lipinski definition) is 3. The number of benzene rings is 2. The summed E-state index contributed by atoms with van der Waals surface area (Å²) >= 11 is 6.53. The number of aromatic nitrogens is 2. The van der Waals surface area contributed by atoms with Gasteiger partial charge in [-0.1, -0.05) is 42.2 Å². The summed E-state index contributed by atoms with van der Waals surface area (Å²) in [5.41, 5.74) is 9.73. The smallest absolute Gasteiger partial charge is 0.171 e. The van der Waals surface area contributed by atoms with E-state index in [-0.39, 0.29) is 0 Å². The van der Waals surface area contributed by atoms with Crippen LogP contribution in [0.15, 0.2) is 52.5 Å². The lowest BCUT2D eigenvalue weighted by molar-refractivity contribution is 1.08. The van der Waals surface area contributed by atoms with E-state index in [1.807, 2.05) is 30.3 Å². The predicted octanol–water partition coefficient (Wildman–Crippen LogP) is 3.66. The van der Waals surface area contributed by atoms with Crippen LogP contribution in [0, 0.1) is 6.92 Å². The molecule has 20 heavy (non-hydrogen) atoms. The van der Waals surface area contributed by atoms with Gasteiger partial charge in [-0.15, -0.1) is 0 Å². The topological polar surface area (TPSA) is 54.7 Å². The number of nitrogens with zero attached hydrogens (tertiary/aromatic N) is 1. The highest BCUT2D eigenvalue weighted by atomic mass is 32.2. The van der Waals surface area contributed by atoms with Crippen molar-refractivity contribution < 1.29 is 0 Å². The van der Waals surface area contributed by atoms with E-state index >= 15 is 0 Å². The highest BCUT2D eigenvalue weighted by Gasteiger charge is 2.05. The molecular formula is C15H13N3S2. The van der Waals surface area contributed by atoms with Gasteiger partial charge in [0.15, 0.2) is 5.16 Å². The van der Waals surface area contributed by atoms with Crippen molar-refractivity contribution in [2.75, 3.05) is 0 Å². The fourth-order valence-corrected chi connectivity index (χ4v) is 2.88. The van der Waals surface area contributed by atoms with Crippen molar-refractivity contribution in [3.63, 3.8) is 0 Å². The summed E-state index contributed by atoms with van der Waals surface area (Å²) in [6, 6.07) is 14.0. The van der Waals surface area contributed by atoms with Crippen LogP contribution >= 0.6 is 24.0 Å². The number of H-pyrrole nitrogens is 1. The molecular weight excluding hydrogens is 286 g/mol. The Kier molecular flexibility index (Phi) is 3.46. The number of rotatable bonds is 3. The zero-order valence-corrected chi connectivity index (χ0v) is 12.5. The maximum absolute atomic E-state index is 5.59. The maximum Gasteiger partial charge on any atom is 0.171 e. The molecule has 100 valence electrons. The van der Waals surface area contributed by atoms with E-state index in [1.165, 1.54) is 5.56 Å². The van der Waals surface area contributed by atoms with Crippen molar-refractivity contribution in [3.8, 4) is 0 Å². The van der Waals surface area contributed by atoms with Crippen molar-refractivity contribution in [2.24, 2.45) is 5.73 Å². The minimum atomic E-state index is 0.417. The van der Waals surface area contributed by atoms with Gasteiger partial charge in [0, 0.05) is 10.5 Å². The molecule has 3 nitrogen and oxygen atoms in total. The second-order valence-electron chi connectivity index (χ2n) is 4.55. The van der Waals surface area contributed by atoms with E-state index in [9.17, 15) is 0 Å². The van der Waals surface area contributed by atoms with Crippen molar-refractivity contribution in [1.29, 1.82) is 0 Å². The van der Waals surface area contributed by atoms with Crippen molar-refractivity contribution in [3.05, 3.63) is 53.6 Å². The lowest BCUT2D eigenvalue weighted by Crippen LogP contribution is -2.08. The average Bonchev–Trinajstić information content (AvgIpc) is 2.80. The molecule has 3 N–H and O–H groups in total. The molecule has 0 aliphatic heterocycles. The third-order valence-corrected chi connectivity index (χ3v) is 4.10. The highest BCUT2D eigenvalue weighted by Crippen LogP contribution is 2.27. The molecule has 0 atom stereocenters. The Balaban J connectivity index is 1.87. The molecule has 0 radical (unpaired) electrons. The van der Waals surface area contributed by atoms with Crippen LogP contribution in [-0.4, -0.2) is 15.0 Å². The second-order valence-corrected chi connectivity index (χ2v) is 6.06. The molecule has 3 rings (SSSR count). The monoisotopic (exact) mass is 299 g/mol. The molecule has 0 saturated carbocycles. The van der Waals surface area contributed by atoms with Crippen LogP contribution in [0.3, 0.4) is 0 Å². The lowest BCUT2D eigenvalue weighted by Gasteiger charge is -2.00. The first-order valence-corrected chi connectivity index (χ1v) is 7.38. The van der Waals surface area contributed by atoms with Crippen LogP contribution in [0.1, 0.15) is 11.1 Å². The third kappa shape index (κ3) is 2.69. The van der Waals surface area contributed by atoms with Crippen molar-refractivity contribution in [2.45, 2.75) is 17.0 Å². The summed E-state index contributed by atoms with van der Waals surface area (Å²) in [6.45, 7) is 2.07. The second kappa shape index (κ2) is 5.26. The highest BCUT2D eigenvalue weighted by molar-refractivity contribution is 7.99. The summed E-state index contributed by atoms with van der Waals surface area (Å²) in [6.07, 6.45) is 0. The molecule has 2 aromatic carbocycles. The Morgan fingerprint density at radius 2 is 1.95 bits per heavy atom. The quantitative estimate of drug-likeness (QED) is 0.725. The summed E-state index contributed by atoms with van der Waals surface area (Å²) in [7, 11) is 0. The van der Waals surface area contributed by atoms with Gasteiger partial charge >= 0.3 is 0 Å². The number of nitrogens with two attached hydrogens (primary N) is 1. The minimum absolute atomic E-state index is 0.417. The fraction of sp³-hybridized carbons (Fsp3) is 0.0667. The van der Waals surface area contributed by atoms with Gasteiger partial charge in [0.05, 0.1) is 11.0 Å². The molecule has 5 heteroatoms. The molecule has 1 heterocycles. The molecule has 0 bridgehead atoms. The van der Waals surface area contributed by atoms with Gasteiger partial charge in [-0.25, -0.2) is 4.98 Å². The van der Waals surface area contributed by atoms with E-state index in [1.54, 1.807) is 11.8 Å². The summed E-state index contributed by atoms with van der Waals surface area (Å²) in [5, 5.41) is 0.883. The molecule has 0 saturated heterocycles. The predicted molar refractivity (Wildman–Crippen MR) is 87.3 cm³/mol. The Morgan fingerprint density at radius 1 is 1.20 bits per heavy atom. The number of aryl methyl sites for hydroxylation is 1. The zero-order chi connectivity index (χ0) is 14.1. The summed E-state index contributed by atoms with van der Waals surface area (Å²) in [5.74, 6) is 0. The first-order valence-electron chi connectivity index (χ1n) is 6.16. The summed E-state index contributed by atoms with van der Waals surface area (Å²) < 4.78 is 0. The zero-order valence-electron chi connectivity index (χ0n) is 10.9. The van der Waals surface area contributed by atoms with Crippen LogP contribution in [0.25, 0.3) is 11.0 Å². The molecule has 0 fully saturated rings. The van der Waals surface area contributed by atoms with E-state index in [4.69, 9.17) is 18.0 Å². The van der Waals surface area contributed by atoms with Crippen LogP contribution in [0.2, 0.25) is 0 Å². The van der Waals surface area contributed by atoms with Gasteiger partial charge in [0.2, 0.25) is 0 Å². The normalized spacial score (nSPS) is 10.8. The van der Waals surface area contributed by atoms with Gasteiger partial charge < -0.3 is 10.7 Å². The van der Waals surface area contributed by atoms with E-state index in [0.29, 0.717) is 4.99 Å². The Bertz CT molecular complexity index is 775. The van der Waals surface area contributed by atoms with Gasteiger partial charge in [0.25, 0.3) is 0 Å². The number of aromatic amines is 1. The Morgan fingerprint density at radius 3 is 2.65 bits per heavy atom.